The number of carbonyl (C=O) groups excluding carboxylic acids is 1. The Labute approximate surface area is 222 Å². The third-order valence-corrected chi connectivity index (χ3v) is 8.21. The SMILES string of the molecule is COc1cc(C)[nH]c(=O)c1CNC(=O)c1c(C)n([C@H](C)C2CCN(CC3(F)COC3)CC2)c2ccccc12. The third-order valence-electron chi connectivity index (χ3n) is 8.21. The zero-order chi connectivity index (χ0) is 27.0. The van der Waals surface area contributed by atoms with Crippen LogP contribution in [0.1, 0.15) is 53.1 Å². The van der Waals surface area contributed by atoms with E-state index in [2.05, 4.69) is 32.8 Å². The number of amides is 1. The van der Waals surface area contributed by atoms with Crippen molar-refractivity contribution in [3.63, 3.8) is 0 Å². The molecule has 2 saturated heterocycles. The van der Waals surface area contributed by atoms with Crippen LogP contribution in [0.25, 0.3) is 10.9 Å². The van der Waals surface area contributed by atoms with E-state index in [9.17, 15) is 14.0 Å². The van der Waals surface area contributed by atoms with E-state index in [1.165, 1.54) is 7.11 Å². The Morgan fingerprint density at radius 3 is 2.63 bits per heavy atom. The zero-order valence-electron chi connectivity index (χ0n) is 22.6. The molecule has 9 heteroatoms. The van der Waals surface area contributed by atoms with Gasteiger partial charge in [-0.05, 0) is 64.8 Å². The molecule has 0 spiro atoms. The standard InChI is InChI=1S/C29H37FN4O4/c1-18-13-25(37-4)23(27(35)32-18)14-31-28(36)26-20(3)34(24-8-6-5-7-22(24)26)19(2)21-9-11-33(12-10-21)15-29(30)16-38-17-29/h5-8,13,19,21H,9-12,14-17H2,1-4H3,(H,31,36)(H,32,35)/t19-/m1/s1. The van der Waals surface area contributed by atoms with Gasteiger partial charge >= 0.3 is 0 Å². The molecule has 0 aliphatic carbocycles. The van der Waals surface area contributed by atoms with Crippen LogP contribution in [0, 0.1) is 19.8 Å². The minimum absolute atomic E-state index is 0.0612. The minimum Gasteiger partial charge on any atom is -0.496 e. The Hall–Kier alpha value is -3.17. The molecular formula is C29H37FN4O4. The van der Waals surface area contributed by atoms with Crippen LogP contribution in [-0.2, 0) is 11.3 Å². The Kier molecular flexibility index (Phi) is 7.33. The summed E-state index contributed by atoms with van der Waals surface area (Å²) >= 11 is 0. The van der Waals surface area contributed by atoms with Gasteiger partial charge in [-0.15, -0.1) is 0 Å². The number of ether oxygens (including phenoxy) is 2. The van der Waals surface area contributed by atoms with E-state index in [4.69, 9.17) is 9.47 Å². The van der Waals surface area contributed by atoms with E-state index >= 15 is 0 Å². The van der Waals surface area contributed by atoms with E-state index < -0.39 is 5.67 Å². The summed E-state index contributed by atoms with van der Waals surface area (Å²) in [6, 6.07) is 9.89. The third kappa shape index (κ3) is 4.97. The maximum absolute atomic E-state index is 14.5. The predicted octanol–water partition coefficient (Wildman–Crippen LogP) is 3.90. The highest BCUT2D eigenvalue weighted by atomic mass is 19.1. The predicted molar refractivity (Wildman–Crippen MR) is 145 cm³/mol. The largest absolute Gasteiger partial charge is 0.496 e. The number of hydrogen-bond donors (Lipinski definition) is 2. The number of halogens is 1. The van der Waals surface area contributed by atoms with E-state index in [1.54, 1.807) is 13.0 Å². The Morgan fingerprint density at radius 1 is 1.26 bits per heavy atom. The van der Waals surface area contributed by atoms with Gasteiger partial charge in [-0.2, -0.15) is 0 Å². The van der Waals surface area contributed by atoms with Gasteiger partial charge in [-0.25, -0.2) is 4.39 Å². The number of carbonyl (C=O) groups is 1. The fourth-order valence-electron chi connectivity index (χ4n) is 6.12. The second-order valence-electron chi connectivity index (χ2n) is 10.9. The molecule has 2 aromatic heterocycles. The van der Waals surface area contributed by atoms with Crippen molar-refractivity contribution in [3.8, 4) is 5.75 Å². The van der Waals surface area contributed by atoms with Gasteiger partial charge in [-0.1, -0.05) is 18.2 Å². The van der Waals surface area contributed by atoms with Gasteiger partial charge in [0.05, 0.1) is 38.0 Å². The molecule has 0 bridgehead atoms. The molecule has 8 nitrogen and oxygen atoms in total. The first kappa shape index (κ1) is 26.4. The van der Waals surface area contributed by atoms with Crippen molar-refractivity contribution >= 4 is 16.8 Å². The lowest BCUT2D eigenvalue weighted by Crippen LogP contribution is -2.55. The molecule has 5 rings (SSSR count). The van der Waals surface area contributed by atoms with Crippen LogP contribution in [0.3, 0.4) is 0 Å². The van der Waals surface area contributed by atoms with Gasteiger partial charge in [0.25, 0.3) is 11.5 Å². The number of hydrogen-bond acceptors (Lipinski definition) is 5. The molecule has 1 amide bonds. The van der Waals surface area contributed by atoms with E-state index in [1.807, 2.05) is 25.1 Å². The molecule has 1 aromatic carbocycles. The van der Waals surface area contributed by atoms with Crippen LogP contribution in [0.5, 0.6) is 5.75 Å². The number of nitrogens with zero attached hydrogens (tertiary/aromatic N) is 2. The molecule has 1 atom stereocenters. The normalized spacial score (nSPS) is 18.8. The van der Waals surface area contributed by atoms with Gasteiger partial charge < -0.3 is 24.3 Å². The highest BCUT2D eigenvalue weighted by molar-refractivity contribution is 6.08. The summed E-state index contributed by atoms with van der Waals surface area (Å²) in [5.74, 6) is 0.645. The summed E-state index contributed by atoms with van der Waals surface area (Å²) in [5.41, 5.74) is 2.16. The number of aryl methyl sites for hydroxylation is 1. The molecule has 2 aliphatic heterocycles. The quantitative estimate of drug-likeness (QED) is 0.467. The Morgan fingerprint density at radius 2 is 1.97 bits per heavy atom. The van der Waals surface area contributed by atoms with Crippen molar-refractivity contribution in [3.05, 3.63) is 63.2 Å². The first-order valence-electron chi connectivity index (χ1n) is 13.3. The van der Waals surface area contributed by atoms with E-state index in [0.717, 1.165) is 42.5 Å². The second kappa shape index (κ2) is 10.5. The molecule has 4 heterocycles. The summed E-state index contributed by atoms with van der Waals surface area (Å²) in [7, 11) is 1.51. The maximum Gasteiger partial charge on any atom is 0.256 e. The molecule has 3 aromatic rings. The van der Waals surface area contributed by atoms with E-state index in [-0.39, 0.29) is 37.3 Å². The molecule has 0 saturated carbocycles. The number of pyridine rings is 1. The number of aromatic amines is 1. The number of aromatic nitrogens is 2. The highest BCUT2D eigenvalue weighted by Crippen LogP contribution is 2.36. The first-order valence-corrected chi connectivity index (χ1v) is 13.3. The van der Waals surface area contributed by atoms with Gasteiger partial charge in [0.15, 0.2) is 5.67 Å². The molecule has 0 radical (unpaired) electrons. The van der Waals surface area contributed by atoms with Gasteiger partial charge in [0.1, 0.15) is 5.75 Å². The summed E-state index contributed by atoms with van der Waals surface area (Å²) < 4.78 is 27.3. The number of piperidine rings is 1. The number of H-pyrrole nitrogens is 1. The van der Waals surface area contributed by atoms with Crippen molar-refractivity contribution in [1.82, 2.24) is 19.8 Å². The monoisotopic (exact) mass is 524 g/mol. The van der Waals surface area contributed by atoms with Gasteiger partial charge in [0, 0.05) is 34.9 Å². The fourth-order valence-corrected chi connectivity index (χ4v) is 6.12. The van der Waals surface area contributed by atoms with Crippen molar-refractivity contribution in [2.24, 2.45) is 5.92 Å². The zero-order valence-corrected chi connectivity index (χ0v) is 22.6. The average molecular weight is 525 g/mol. The molecule has 2 aliphatic rings. The first-order chi connectivity index (χ1) is 18.2. The van der Waals surface area contributed by atoms with Crippen LogP contribution < -0.4 is 15.6 Å². The van der Waals surface area contributed by atoms with Gasteiger partial charge in [0.2, 0.25) is 0 Å². The van der Waals surface area contributed by atoms with Crippen molar-refractivity contribution in [1.29, 1.82) is 0 Å². The number of para-hydroxylation sites is 1. The molecule has 2 N–H and O–H groups in total. The molecular weight excluding hydrogens is 487 g/mol. The van der Waals surface area contributed by atoms with Crippen LogP contribution in [0.4, 0.5) is 4.39 Å². The Balaban J connectivity index is 1.35. The lowest BCUT2D eigenvalue weighted by molar-refractivity contribution is -0.143. The van der Waals surface area contributed by atoms with Crippen LogP contribution in [0.15, 0.2) is 35.1 Å². The summed E-state index contributed by atoms with van der Waals surface area (Å²) in [6.07, 6.45) is 1.95. The minimum atomic E-state index is -1.19. The second-order valence-corrected chi connectivity index (χ2v) is 10.9. The lowest BCUT2D eigenvalue weighted by atomic mass is 9.89. The van der Waals surface area contributed by atoms with Crippen molar-refractivity contribution in [2.75, 3.05) is 40.0 Å². The number of methoxy groups -OCH3 is 1. The molecule has 204 valence electrons. The number of likely N-dealkylation sites (tertiary alicyclic amines) is 1. The number of alkyl halides is 1. The number of nitrogens with one attached hydrogen (secondary N) is 2. The Bertz CT molecular complexity index is 1390. The maximum atomic E-state index is 14.5. The van der Waals surface area contributed by atoms with Crippen molar-refractivity contribution < 1.29 is 18.7 Å². The number of benzene rings is 1. The fraction of sp³-hybridized carbons (Fsp3) is 0.517. The topological polar surface area (TPSA) is 88.6 Å². The van der Waals surface area contributed by atoms with Crippen LogP contribution in [0.2, 0.25) is 0 Å². The summed E-state index contributed by atoms with van der Waals surface area (Å²) in [4.78, 5) is 31.0. The lowest BCUT2D eigenvalue weighted by Gasteiger charge is -2.41. The number of fused-ring (bicyclic) bond motifs is 1. The summed E-state index contributed by atoms with van der Waals surface area (Å²) in [6.45, 7) is 8.62. The molecule has 38 heavy (non-hydrogen) atoms. The molecule has 2 fully saturated rings. The highest BCUT2D eigenvalue weighted by Gasteiger charge is 2.41. The van der Waals surface area contributed by atoms with Gasteiger partial charge in [-0.3, -0.25) is 14.5 Å². The summed E-state index contributed by atoms with van der Waals surface area (Å²) in [5, 5.41) is 3.84. The van der Waals surface area contributed by atoms with Crippen molar-refractivity contribution in [2.45, 2.75) is 51.9 Å². The van der Waals surface area contributed by atoms with Crippen LogP contribution >= 0.6 is 0 Å². The smallest absolute Gasteiger partial charge is 0.256 e. The van der Waals surface area contributed by atoms with Crippen LogP contribution in [-0.4, -0.2) is 66.0 Å². The number of rotatable bonds is 8. The van der Waals surface area contributed by atoms with E-state index in [0.29, 0.717) is 35.0 Å². The molecule has 0 unspecified atom stereocenters. The average Bonchev–Trinajstić information content (AvgIpc) is 3.18.